The summed E-state index contributed by atoms with van der Waals surface area (Å²) >= 11 is 0. The molecule has 0 spiro atoms. The highest BCUT2D eigenvalue weighted by molar-refractivity contribution is 5.32. The van der Waals surface area contributed by atoms with E-state index in [-0.39, 0.29) is 5.54 Å². The zero-order chi connectivity index (χ0) is 13.9. The lowest BCUT2D eigenvalue weighted by Gasteiger charge is -2.40. The van der Waals surface area contributed by atoms with Gasteiger partial charge >= 0.3 is 0 Å². The van der Waals surface area contributed by atoms with Crippen LogP contribution >= 0.6 is 0 Å². The van der Waals surface area contributed by atoms with E-state index in [4.69, 9.17) is 5.73 Å². The van der Waals surface area contributed by atoms with Crippen molar-refractivity contribution < 1.29 is 0 Å². The molecule has 0 heterocycles. The monoisotopic (exact) mass is 260 g/mol. The van der Waals surface area contributed by atoms with E-state index in [9.17, 15) is 0 Å². The van der Waals surface area contributed by atoms with Gasteiger partial charge in [-0.15, -0.1) is 0 Å². The lowest BCUT2D eigenvalue weighted by Crippen LogP contribution is -2.50. The molecular weight excluding hydrogens is 232 g/mol. The summed E-state index contributed by atoms with van der Waals surface area (Å²) in [6.07, 6.45) is 4.99. The normalized spacial score (nSPS) is 22.1. The Hall–Kier alpha value is -0.860. The second kappa shape index (κ2) is 6.06. The molecule has 19 heavy (non-hydrogen) atoms. The van der Waals surface area contributed by atoms with Gasteiger partial charge in [-0.2, -0.15) is 0 Å². The molecule has 0 fully saturated rings. The summed E-state index contributed by atoms with van der Waals surface area (Å²) in [6.45, 7) is 6.37. The Labute approximate surface area is 118 Å². The predicted octanol–water partition coefficient (Wildman–Crippen LogP) is 3.17. The molecule has 0 radical (unpaired) electrons. The Balaban J connectivity index is 2.12. The standard InChI is InChI=1S/C17H28N2/c1-4-17(2,13-18)19(3)12-15-10-7-9-14-8-5-6-11-16(14)15/h5-6,8,11,15H,4,7,9-10,12-13,18H2,1-3H3. The Morgan fingerprint density at radius 1 is 1.37 bits per heavy atom. The fourth-order valence-corrected chi connectivity index (χ4v) is 3.17. The first-order valence-electron chi connectivity index (χ1n) is 7.60. The van der Waals surface area contributed by atoms with E-state index in [1.807, 2.05) is 0 Å². The smallest absolute Gasteiger partial charge is 0.0298 e. The topological polar surface area (TPSA) is 29.3 Å². The largest absolute Gasteiger partial charge is 0.329 e. The first-order valence-corrected chi connectivity index (χ1v) is 7.60. The molecule has 2 atom stereocenters. The second-order valence-corrected chi connectivity index (χ2v) is 6.22. The summed E-state index contributed by atoms with van der Waals surface area (Å²) in [5.74, 6) is 0.673. The fourth-order valence-electron chi connectivity index (χ4n) is 3.17. The van der Waals surface area contributed by atoms with Gasteiger partial charge in [-0.05, 0) is 56.7 Å². The van der Waals surface area contributed by atoms with E-state index >= 15 is 0 Å². The van der Waals surface area contributed by atoms with Crippen LogP contribution in [0, 0.1) is 0 Å². The predicted molar refractivity (Wildman–Crippen MR) is 82.5 cm³/mol. The molecule has 0 saturated carbocycles. The van der Waals surface area contributed by atoms with Crippen molar-refractivity contribution in [1.82, 2.24) is 4.90 Å². The molecule has 2 N–H and O–H groups in total. The van der Waals surface area contributed by atoms with Crippen LogP contribution in [0.4, 0.5) is 0 Å². The average Bonchev–Trinajstić information content (AvgIpc) is 2.46. The Morgan fingerprint density at radius 3 is 2.79 bits per heavy atom. The number of fused-ring (bicyclic) bond motifs is 1. The van der Waals surface area contributed by atoms with Crippen molar-refractivity contribution in [2.75, 3.05) is 20.1 Å². The third-order valence-corrected chi connectivity index (χ3v) is 5.11. The summed E-state index contributed by atoms with van der Waals surface area (Å²) in [7, 11) is 2.23. The zero-order valence-electron chi connectivity index (χ0n) is 12.7. The maximum Gasteiger partial charge on any atom is 0.0298 e. The first kappa shape index (κ1) is 14.5. The summed E-state index contributed by atoms with van der Waals surface area (Å²) in [4.78, 5) is 2.47. The highest BCUT2D eigenvalue weighted by atomic mass is 15.2. The summed E-state index contributed by atoms with van der Waals surface area (Å²) in [5, 5.41) is 0. The van der Waals surface area contributed by atoms with E-state index in [1.165, 1.54) is 19.3 Å². The molecule has 2 nitrogen and oxygen atoms in total. The van der Waals surface area contributed by atoms with Crippen LogP contribution in [-0.2, 0) is 6.42 Å². The Morgan fingerprint density at radius 2 is 2.11 bits per heavy atom. The number of nitrogens with two attached hydrogens (primary N) is 1. The van der Waals surface area contributed by atoms with Crippen LogP contribution in [0.5, 0.6) is 0 Å². The van der Waals surface area contributed by atoms with Crippen LogP contribution in [-0.4, -0.2) is 30.6 Å². The maximum atomic E-state index is 5.98. The van der Waals surface area contributed by atoms with Crippen LogP contribution in [0.25, 0.3) is 0 Å². The van der Waals surface area contributed by atoms with Gasteiger partial charge in [0.05, 0.1) is 0 Å². The van der Waals surface area contributed by atoms with Gasteiger partial charge in [-0.25, -0.2) is 0 Å². The summed E-state index contributed by atoms with van der Waals surface area (Å²) < 4.78 is 0. The molecule has 0 saturated heterocycles. The third kappa shape index (κ3) is 3.01. The minimum Gasteiger partial charge on any atom is -0.329 e. The lowest BCUT2D eigenvalue weighted by atomic mass is 9.82. The van der Waals surface area contributed by atoms with Crippen LogP contribution in [0.2, 0.25) is 0 Å². The van der Waals surface area contributed by atoms with Gasteiger partial charge in [-0.3, -0.25) is 4.90 Å². The molecule has 2 heteroatoms. The minimum absolute atomic E-state index is 0.131. The van der Waals surface area contributed by atoms with Crippen LogP contribution < -0.4 is 5.73 Å². The number of aryl methyl sites for hydroxylation is 1. The highest BCUT2D eigenvalue weighted by Gasteiger charge is 2.29. The van der Waals surface area contributed by atoms with Crippen molar-refractivity contribution in [2.24, 2.45) is 5.73 Å². The molecule has 2 rings (SSSR count). The molecule has 0 aliphatic heterocycles. The summed E-state index contributed by atoms with van der Waals surface area (Å²) in [5.41, 5.74) is 9.23. The van der Waals surface area contributed by atoms with Gasteiger partial charge in [0.15, 0.2) is 0 Å². The quantitative estimate of drug-likeness (QED) is 0.881. The number of rotatable bonds is 5. The summed E-state index contributed by atoms with van der Waals surface area (Å²) in [6, 6.07) is 8.96. The number of hydrogen-bond acceptors (Lipinski definition) is 2. The zero-order valence-corrected chi connectivity index (χ0v) is 12.7. The van der Waals surface area contributed by atoms with E-state index in [1.54, 1.807) is 11.1 Å². The van der Waals surface area contributed by atoms with Crippen molar-refractivity contribution in [3.05, 3.63) is 35.4 Å². The van der Waals surface area contributed by atoms with Crippen molar-refractivity contribution >= 4 is 0 Å². The molecular formula is C17H28N2. The van der Waals surface area contributed by atoms with Gasteiger partial charge in [0, 0.05) is 18.6 Å². The maximum absolute atomic E-state index is 5.98. The minimum atomic E-state index is 0.131. The molecule has 1 aliphatic carbocycles. The van der Waals surface area contributed by atoms with Crippen LogP contribution in [0.3, 0.4) is 0 Å². The van der Waals surface area contributed by atoms with E-state index in [0.717, 1.165) is 19.5 Å². The van der Waals surface area contributed by atoms with Crippen LogP contribution in [0.15, 0.2) is 24.3 Å². The lowest BCUT2D eigenvalue weighted by molar-refractivity contribution is 0.128. The number of nitrogens with zero attached hydrogens (tertiary/aromatic N) is 1. The SMILES string of the molecule is CCC(C)(CN)N(C)CC1CCCc2ccccc21. The third-order valence-electron chi connectivity index (χ3n) is 5.11. The van der Waals surface area contributed by atoms with Gasteiger partial charge in [0.2, 0.25) is 0 Å². The molecule has 106 valence electrons. The van der Waals surface area contributed by atoms with E-state index < -0.39 is 0 Å². The van der Waals surface area contributed by atoms with Gasteiger partial charge in [0.1, 0.15) is 0 Å². The first-order chi connectivity index (χ1) is 9.10. The molecule has 0 aromatic heterocycles. The highest BCUT2D eigenvalue weighted by Crippen LogP contribution is 2.33. The van der Waals surface area contributed by atoms with Crippen molar-refractivity contribution in [1.29, 1.82) is 0 Å². The van der Waals surface area contributed by atoms with Crippen molar-refractivity contribution in [2.45, 2.75) is 51.0 Å². The fraction of sp³-hybridized carbons (Fsp3) is 0.647. The molecule has 1 aromatic rings. The van der Waals surface area contributed by atoms with Crippen molar-refractivity contribution in [3.63, 3.8) is 0 Å². The van der Waals surface area contributed by atoms with E-state index in [0.29, 0.717) is 5.92 Å². The average molecular weight is 260 g/mol. The van der Waals surface area contributed by atoms with Crippen LogP contribution in [0.1, 0.15) is 50.2 Å². The molecule has 1 aromatic carbocycles. The van der Waals surface area contributed by atoms with Gasteiger partial charge in [0.25, 0.3) is 0 Å². The second-order valence-electron chi connectivity index (χ2n) is 6.22. The molecule has 0 bridgehead atoms. The number of hydrogen-bond donors (Lipinski definition) is 1. The Kier molecular flexibility index (Phi) is 4.64. The number of benzene rings is 1. The number of likely N-dealkylation sites (N-methyl/N-ethyl adjacent to an activating group) is 1. The Bertz CT molecular complexity index is 409. The molecule has 1 aliphatic rings. The van der Waals surface area contributed by atoms with Gasteiger partial charge in [-0.1, -0.05) is 31.2 Å². The van der Waals surface area contributed by atoms with E-state index in [2.05, 4.69) is 50.1 Å². The molecule has 2 unspecified atom stereocenters. The van der Waals surface area contributed by atoms with Crippen molar-refractivity contribution in [3.8, 4) is 0 Å². The molecule has 0 amide bonds. The van der Waals surface area contributed by atoms with Gasteiger partial charge < -0.3 is 5.73 Å².